The summed E-state index contributed by atoms with van der Waals surface area (Å²) in [6.45, 7) is 12.9. The van der Waals surface area contributed by atoms with E-state index in [4.69, 9.17) is 30.8 Å². The molecule has 3 aliphatic rings. The van der Waals surface area contributed by atoms with Crippen LogP contribution in [0.3, 0.4) is 0 Å². The minimum Gasteiger partial charge on any atom is -0.462 e. The number of fused-ring (bicyclic) bond motifs is 4. The summed E-state index contributed by atoms with van der Waals surface area (Å²) in [6.07, 6.45) is 2.48. The van der Waals surface area contributed by atoms with E-state index < -0.39 is 28.9 Å². The molecule has 2 unspecified atom stereocenters. The van der Waals surface area contributed by atoms with Gasteiger partial charge < -0.3 is 24.0 Å². The Bertz CT molecular complexity index is 2070. The molecule has 0 radical (unpaired) electrons. The average Bonchev–Trinajstić information content (AvgIpc) is 3.74. The first-order chi connectivity index (χ1) is 25.0. The van der Waals surface area contributed by atoms with E-state index in [1.54, 1.807) is 26.8 Å². The molecule has 3 fully saturated rings. The smallest absolute Gasteiger partial charge is 0.413 e. The van der Waals surface area contributed by atoms with Crippen molar-refractivity contribution in [2.24, 2.45) is 0 Å². The first-order valence-corrected chi connectivity index (χ1v) is 19.0. The van der Waals surface area contributed by atoms with Crippen molar-refractivity contribution < 1.29 is 32.6 Å². The molecule has 0 spiro atoms. The summed E-state index contributed by atoms with van der Waals surface area (Å²) in [5, 5.41) is 3.04. The number of thiazole rings is 1. The van der Waals surface area contributed by atoms with E-state index in [0.717, 1.165) is 43.6 Å². The van der Waals surface area contributed by atoms with E-state index in [1.165, 1.54) is 12.1 Å². The maximum Gasteiger partial charge on any atom is 0.413 e. The standard InChI is InChI=1S/C37H44ClF2N7O5S/c1-36(2,3)51-34(48)44-33-42-29-22(12-13-25(39)30(29)53-33)26-24(38)15-23-28(27(26)40)41-32(50-18-21-9-8-14-45(21)7)43-31(23)46-16-19-10-11-20(17-46)47(19)35(49)52-37(4,5)6/h12-13,15,19-21H,8-11,14,16-18H2,1-7H3,(H,42,44,48)/t19?,20?,21-/m0/s1. The third kappa shape index (κ3) is 7.65. The van der Waals surface area contributed by atoms with Crippen LogP contribution in [0.1, 0.15) is 67.2 Å². The minimum atomic E-state index is -0.763. The van der Waals surface area contributed by atoms with Crippen molar-refractivity contribution in [1.82, 2.24) is 24.8 Å². The van der Waals surface area contributed by atoms with Crippen molar-refractivity contribution in [3.63, 3.8) is 0 Å². The normalized spacial score (nSPS) is 20.8. The molecule has 53 heavy (non-hydrogen) atoms. The number of benzene rings is 2. The van der Waals surface area contributed by atoms with Gasteiger partial charge >= 0.3 is 18.2 Å². The number of likely N-dealkylation sites (N-methyl/N-ethyl adjacent to an activating group) is 1. The molecule has 3 atom stereocenters. The number of aromatic nitrogens is 3. The van der Waals surface area contributed by atoms with Gasteiger partial charge in [0, 0.05) is 35.6 Å². The van der Waals surface area contributed by atoms with Gasteiger partial charge in [-0.3, -0.25) is 10.2 Å². The van der Waals surface area contributed by atoms with Gasteiger partial charge in [-0.1, -0.05) is 22.9 Å². The lowest BCUT2D eigenvalue weighted by atomic mass is 10.0. The lowest BCUT2D eigenvalue weighted by Crippen LogP contribution is -2.57. The van der Waals surface area contributed by atoms with Crippen LogP contribution in [0, 0.1) is 11.6 Å². The fourth-order valence-electron chi connectivity index (χ4n) is 7.38. The van der Waals surface area contributed by atoms with E-state index >= 15 is 8.78 Å². The predicted molar refractivity (Wildman–Crippen MR) is 201 cm³/mol. The molecule has 5 heterocycles. The van der Waals surface area contributed by atoms with Crippen LogP contribution in [0.2, 0.25) is 5.02 Å². The molecule has 284 valence electrons. The molecule has 2 amide bonds. The van der Waals surface area contributed by atoms with Crippen molar-refractivity contribution in [2.75, 3.05) is 43.5 Å². The summed E-state index contributed by atoms with van der Waals surface area (Å²) in [4.78, 5) is 45.7. The number of carbonyl (C=O) groups is 2. The number of hydrogen-bond acceptors (Lipinski definition) is 11. The van der Waals surface area contributed by atoms with E-state index in [1.807, 2.05) is 37.6 Å². The summed E-state index contributed by atoms with van der Waals surface area (Å²) >= 11 is 7.83. The fraction of sp³-hybridized carbons (Fsp3) is 0.541. The zero-order chi connectivity index (χ0) is 38.0. The van der Waals surface area contributed by atoms with Crippen LogP contribution >= 0.6 is 22.9 Å². The molecular weight excluding hydrogens is 728 g/mol. The highest BCUT2D eigenvalue weighted by Gasteiger charge is 2.45. The molecule has 4 aromatic rings. The van der Waals surface area contributed by atoms with E-state index in [2.05, 4.69) is 20.2 Å². The Kier molecular flexibility index (Phi) is 9.81. The zero-order valence-electron chi connectivity index (χ0n) is 30.9. The second kappa shape index (κ2) is 14.0. The quantitative estimate of drug-likeness (QED) is 0.205. The second-order valence-electron chi connectivity index (χ2n) is 16.0. The summed E-state index contributed by atoms with van der Waals surface area (Å²) < 4.78 is 49.7. The molecule has 0 saturated carbocycles. The Hall–Kier alpha value is -4.08. The first-order valence-electron chi connectivity index (χ1n) is 17.8. The molecule has 7 rings (SSSR count). The Morgan fingerprint density at radius 2 is 1.68 bits per heavy atom. The Morgan fingerprint density at radius 3 is 2.32 bits per heavy atom. The summed E-state index contributed by atoms with van der Waals surface area (Å²) in [5.41, 5.74) is -1.11. The van der Waals surface area contributed by atoms with Crippen LogP contribution in [0.5, 0.6) is 6.01 Å². The van der Waals surface area contributed by atoms with E-state index in [-0.39, 0.29) is 67.2 Å². The Balaban J connectivity index is 1.29. The van der Waals surface area contributed by atoms with Crippen molar-refractivity contribution in [2.45, 2.75) is 96.6 Å². The van der Waals surface area contributed by atoms with E-state index in [0.29, 0.717) is 30.9 Å². The largest absolute Gasteiger partial charge is 0.462 e. The third-order valence-corrected chi connectivity index (χ3v) is 11.0. The van der Waals surface area contributed by atoms with Crippen LogP contribution in [0.4, 0.5) is 29.3 Å². The first kappa shape index (κ1) is 37.2. The molecule has 12 nitrogen and oxygen atoms in total. The summed E-state index contributed by atoms with van der Waals surface area (Å²) in [5.74, 6) is -0.898. The molecule has 0 aliphatic carbocycles. The topological polar surface area (TPSA) is 122 Å². The molecule has 3 saturated heterocycles. The molecule has 2 aromatic carbocycles. The van der Waals surface area contributed by atoms with Crippen molar-refractivity contribution in [1.29, 1.82) is 0 Å². The summed E-state index contributed by atoms with van der Waals surface area (Å²) in [7, 11) is 2.04. The van der Waals surface area contributed by atoms with Crippen LogP contribution in [0.25, 0.3) is 32.2 Å². The molecule has 3 aliphatic heterocycles. The van der Waals surface area contributed by atoms with Crippen molar-refractivity contribution in [3.8, 4) is 17.1 Å². The number of piperazine rings is 1. The molecular formula is C37H44ClF2N7O5S. The Morgan fingerprint density at radius 1 is 0.981 bits per heavy atom. The second-order valence-corrected chi connectivity index (χ2v) is 17.4. The van der Waals surface area contributed by atoms with Gasteiger partial charge in [0.25, 0.3) is 0 Å². The number of hydrogen-bond donors (Lipinski definition) is 1. The average molecular weight is 772 g/mol. The van der Waals surface area contributed by atoms with Crippen molar-refractivity contribution in [3.05, 3.63) is 34.9 Å². The zero-order valence-corrected chi connectivity index (χ0v) is 32.5. The van der Waals surface area contributed by atoms with Crippen LogP contribution in [-0.2, 0) is 9.47 Å². The number of nitrogens with one attached hydrogen (secondary N) is 1. The number of likely N-dealkylation sites (tertiary alicyclic amines) is 1. The molecule has 2 aromatic heterocycles. The number of carbonyl (C=O) groups excluding carboxylic acids is 2. The van der Waals surface area contributed by atoms with Crippen LogP contribution in [-0.4, -0.2) is 99.6 Å². The van der Waals surface area contributed by atoms with Gasteiger partial charge in [0.1, 0.15) is 35.0 Å². The summed E-state index contributed by atoms with van der Waals surface area (Å²) in [6, 6.07) is 4.15. The van der Waals surface area contributed by atoms with Crippen LogP contribution < -0.4 is 15.0 Å². The highest BCUT2D eigenvalue weighted by atomic mass is 35.5. The lowest BCUT2D eigenvalue weighted by Gasteiger charge is -2.42. The maximum atomic E-state index is 17.1. The van der Waals surface area contributed by atoms with Crippen molar-refractivity contribution >= 4 is 67.2 Å². The Labute approximate surface area is 315 Å². The van der Waals surface area contributed by atoms with Gasteiger partial charge in [-0.05, 0) is 99.0 Å². The highest BCUT2D eigenvalue weighted by molar-refractivity contribution is 7.22. The number of anilines is 2. The molecule has 16 heteroatoms. The van der Waals surface area contributed by atoms with Gasteiger partial charge in [0.05, 0.1) is 27.3 Å². The fourth-order valence-corrected chi connectivity index (χ4v) is 8.56. The van der Waals surface area contributed by atoms with Gasteiger partial charge in [0.15, 0.2) is 10.9 Å². The monoisotopic (exact) mass is 771 g/mol. The number of halogens is 3. The van der Waals surface area contributed by atoms with Gasteiger partial charge in [-0.25, -0.2) is 23.4 Å². The highest BCUT2D eigenvalue weighted by Crippen LogP contribution is 2.44. The number of rotatable bonds is 6. The van der Waals surface area contributed by atoms with Gasteiger partial charge in [0.2, 0.25) is 0 Å². The minimum absolute atomic E-state index is 0.0173. The van der Waals surface area contributed by atoms with Gasteiger partial charge in [-0.2, -0.15) is 9.97 Å². The SMILES string of the molecule is CN1CCC[C@H]1COc1nc(N2CC3CCC(C2)N3C(=O)OC(C)(C)C)c2cc(Cl)c(-c3ccc(F)c4sc(NC(=O)OC(C)(C)C)nc34)c(F)c2n1. The van der Waals surface area contributed by atoms with Crippen LogP contribution in [0.15, 0.2) is 18.2 Å². The number of ether oxygens (including phenoxy) is 3. The third-order valence-electron chi connectivity index (χ3n) is 9.68. The van der Waals surface area contributed by atoms with Gasteiger partial charge in [-0.15, -0.1) is 0 Å². The van der Waals surface area contributed by atoms with E-state index in [9.17, 15) is 9.59 Å². The maximum absolute atomic E-state index is 17.1. The molecule has 2 bridgehead atoms. The number of nitrogens with zero attached hydrogens (tertiary/aromatic N) is 6. The lowest BCUT2D eigenvalue weighted by molar-refractivity contribution is 0.0122. The number of amides is 2. The predicted octanol–water partition coefficient (Wildman–Crippen LogP) is 8.25. The molecule has 1 N–H and O–H groups in total.